The van der Waals surface area contributed by atoms with Gasteiger partial charge in [0.2, 0.25) is 23.8 Å². The number of aromatic amines is 1. The van der Waals surface area contributed by atoms with Gasteiger partial charge in [-0.15, -0.1) is 5.10 Å². The van der Waals surface area contributed by atoms with Crippen molar-refractivity contribution in [3.8, 4) is 11.5 Å². The Morgan fingerprint density at radius 1 is 1.21 bits per heavy atom. The van der Waals surface area contributed by atoms with Gasteiger partial charge in [-0.25, -0.2) is 10.5 Å². The maximum absolute atomic E-state index is 12.1. The molecule has 0 radical (unpaired) electrons. The number of carbonyl (C=O) groups excluding carboxylic acids is 1. The lowest BCUT2D eigenvalue weighted by Gasteiger charge is -2.11. The minimum atomic E-state index is -0.0931. The fraction of sp³-hybridized carbons (Fsp3) is 0.444. The van der Waals surface area contributed by atoms with Crippen molar-refractivity contribution >= 4 is 29.3 Å². The molecule has 1 aromatic heterocycles. The van der Waals surface area contributed by atoms with Gasteiger partial charge >= 0.3 is 0 Å². The van der Waals surface area contributed by atoms with Crippen molar-refractivity contribution in [3.05, 3.63) is 23.8 Å². The van der Waals surface area contributed by atoms with E-state index in [9.17, 15) is 4.79 Å². The van der Waals surface area contributed by atoms with E-state index >= 15 is 0 Å². The first-order valence-electron chi connectivity index (χ1n) is 9.28. The average molecular weight is 402 g/mol. The third kappa shape index (κ3) is 4.94. The number of benzene rings is 1. The zero-order chi connectivity index (χ0) is 19.2. The number of nitrogens with one attached hydrogen (secondary N) is 3. The van der Waals surface area contributed by atoms with Gasteiger partial charge in [0, 0.05) is 12.3 Å². The van der Waals surface area contributed by atoms with Gasteiger partial charge in [-0.2, -0.15) is 10.1 Å². The third-order valence-corrected chi connectivity index (χ3v) is 5.32. The Kier molecular flexibility index (Phi) is 5.95. The van der Waals surface area contributed by atoms with Crippen LogP contribution in [0.3, 0.4) is 0 Å². The van der Waals surface area contributed by atoms with Crippen molar-refractivity contribution in [3.63, 3.8) is 0 Å². The topological polar surface area (TPSA) is 114 Å². The molecule has 28 heavy (non-hydrogen) atoms. The van der Waals surface area contributed by atoms with Crippen LogP contribution in [-0.4, -0.2) is 39.3 Å². The van der Waals surface area contributed by atoms with E-state index in [0.29, 0.717) is 23.4 Å². The number of carbonyl (C=O) groups is 1. The molecule has 9 nitrogen and oxygen atoms in total. The van der Waals surface area contributed by atoms with Crippen LogP contribution in [0, 0.1) is 0 Å². The van der Waals surface area contributed by atoms with Gasteiger partial charge in [-0.3, -0.25) is 4.79 Å². The summed E-state index contributed by atoms with van der Waals surface area (Å²) in [6.45, 7) is 0.663. The fourth-order valence-corrected chi connectivity index (χ4v) is 3.63. The van der Waals surface area contributed by atoms with Crippen molar-refractivity contribution in [2.75, 3.05) is 18.0 Å². The zero-order valence-corrected chi connectivity index (χ0v) is 16.2. The monoisotopic (exact) mass is 402 g/mol. The second kappa shape index (κ2) is 8.96. The Morgan fingerprint density at radius 3 is 2.96 bits per heavy atom. The number of hydrazone groups is 1. The van der Waals surface area contributed by atoms with Crippen LogP contribution in [0.15, 0.2) is 28.5 Å². The van der Waals surface area contributed by atoms with Gasteiger partial charge in [0.25, 0.3) is 0 Å². The van der Waals surface area contributed by atoms with Crippen LogP contribution < -0.4 is 20.2 Å². The van der Waals surface area contributed by atoms with Crippen LogP contribution >= 0.6 is 11.8 Å². The number of aromatic nitrogens is 3. The van der Waals surface area contributed by atoms with Crippen LogP contribution in [0.25, 0.3) is 0 Å². The summed E-state index contributed by atoms with van der Waals surface area (Å²) >= 11 is 1.27. The maximum Gasteiger partial charge on any atom is 0.240 e. The number of hydrogen-bond acceptors (Lipinski definition) is 8. The summed E-state index contributed by atoms with van der Waals surface area (Å²) in [5.41, 5.74) is 5.03. The van der Waals surface area contributed by atoms with Crippen LogP contribution in [0.5, 0.6) is 11.5 Å². The number of ether oxygens (including phenoxy) is 2. The molecular weight excluding hydrogens is 380 g/mol. The molecule has 3 N–H and O–H groups in total. The molecule has 0 bridgehead atoms. The van der Waals surface area contributed by atoms with E-state index in [1.54, 1.807) is 0 Å². The molecule has 1 aliphatic carbocycles. The fourth-order valence-electron chi connectivity index (χ4n) is 3.00. The second-order valence-electron chi connectivity index (χ2n) is 6.57. The van der Waals surface area contributed by atoms with Gasteiger partial charge in [-0.1, -0.05) is 24.2 Å². The molecule has 2 heterocycles. The Morgan fingerprint density at radius 2 is 2.07 bits per heavy atom. The number of rotatable bonds is 7. The summed E-state index contributed by atoms with van der Waals surface area (Å²) in [5.74, 6) is 2.06. The van der Waals surface area contributed by atoms with Gasteiger partial charge < -0.3 is 14.8 Å². The number of anilines is 1. The van der Waals surface area contributed by atoms with Crippen LogP contribution in [0.1, 0.15) is 37.7 Å². The van der Waals surface area contributed by atoms with E-state index in [0.717, 1.165) is 24.2 Å². The summed E-state index contributed by atoms with van der Waals surface area (Å²) in [6.07, 6.45) is 5.73. The summed E-state index contributed by atoms with van der Waals surface area (Å²) in [5, 5.41) is 14.6. The number of nitrogens with zero attached hydrogens (tertiary/aromatic N) is 3. The van der Waals surface area contributed by atoms with E-state index in [4.69, 9.17) is 9.47 Å². The largest absolute Gasteiger partial charge is 0.454 e. The summed E-state index contributed by atoms with van der Waals surface area (Å²) in [4.78, 5) is 16.4. The average Bonchev–Trinajstić information content (AvgIpc) is 3.38. The molecule has 1 aromatic carbocycles. The molecule has 10 heteroatoms. The van der Waals surface area contributed by atoms with Crippen molar-refractivity contribution in [2.45, 2.75) is 43.8 Å². The molecule has 4 rings (SSSR count). The van der Waals surface area contributed by atoms with E-state index in [2.05, 4.69) is 31.0 Å². The zero-order valence-electron chi connectivity index (χ0n) is 15.4. The van der Waals surface area contributed by atoms with Crippen molar-refractivity contribution in [1.29, 1.82) is 0 Å². The van der Waals surface area contributed by atoms with Crippen molar-refractivity contribution in [2.24, 2.45) is 5.10 Å². The molecular formula is C18H22N6O3S. The predicted octanol–water partition coefficient (Wildman–Crippen LogP) is 2.67. The first-order chi connectivity index (χ1) is 13.8. The van der Waals surface area contributed by atoms with Crippen molar-refractivity contribution in [1.82, 2.24) is 20.5 Å². The molecule has 2 aliphatic rings. The summed E-state index contributed by atoms with van der Waals surface area (Å²) in [6, 6.07) is 5.62. The highest BCUT2D eigenvalue weighted by molar-refractivity contribution is 7.99. The molecule has 0 atom stereocenters. The molecule has 148 valence electrons. The highest BCUT2D eigenvalue weighted by atomic mass is 32.2. The minimum Gasteiger partial charge on any atom is -0.454 e. The van der Waals surface area contributed by atoms with Crippen LogP contribution in [0.2, 0.25) is 0 Å². The molecule has 1 fully saturated rings. The van der Waals surface area contributed by atoms with Crippen LogP contribution in [0.4, 0.5) is 5.95 Å². The molecule has 0 unspecified atom stereocenters. The Labute approximate surface area is 166 Å². The van der Waals surface area contributed by atoms with Gasteiger partial charge in [-0.05, 0) is 43.4 Å². The van der Waals surface area contributed by atoms with Gasteiger partial charge in [0.15, 0.2) is 11.5 Å². The van der Waals surface area contributed by atoms with Crippen LogP contribution in [-0.2, 0) is 11.3 Å². The smallest absolute Gasteiger partial charge is 0.240 e. The highest BCUT2D eigenvalue weighted by Gasteiger charge is 2.14. The Hall–Kier alpha value is -2.75. The molecule has 2 aromatic rings. The second-order valence-corrected chi connectivity index (χ2v) is 7.51. The lowest BCUT2D eigenvalue weighted by atomic mass is 9.99. The predicted molar refractivity (Wildman–Crippen MR) is 106 cm³/mol. The van der Waals surface area contributed by atoms with E-state index in [1.165, 1.54) is 36.7 Å². The first-order valence-corrected chi connectivity index (χ1v) is 10.3. The van der Waals surface area contributed by atoms with Gasteiger partial charge in [0.1, 0.15) is 0 Å². The lowest BCUT2D eigenvalue weighted by molar-refractivity contribution is -0.118. The molecule has 1 amide bonds. The maximum atomic E-state index is 12.1. The quantitative estimate of drug-likeness (QED) is 0.482. The third-order valence-electron chi connectivity index (χ3n) is 4.47. The summed E-state index contributed by atoms with van der Waals surface area (Å²) < 4.78 is 10.6. The SMILES string of the molecule is O=C(CSc1n[nH]c(NN=C2CCCCC2)n1)NCc1ccc2c(c1)OCO2. The van der Waals surface area contributed by atoms with E-state index in [1.807, 2.05) is 18.2 Å². The normalized spacial score (nSPS) is 15.4. The lowest BCUT2D eigenvalue weighted by Crippen LogP contribution is -2.24. The molecule has 1 saturated carbocycles. The standard InChI is InChI=1S/C18H22N6O3S/c25-16(19-9-12-6-7-14-15(8-12)27-11-26-14)10-28-18-20-17(23-24-18)22-21-13-4-2-1-3-5-13/h6-8H,1-5,9-11H2,(H,19,25)(H2,20,22,23,24). The van der Waals surface area contributed by atoms with Crippen molar-refractivity contribution < 1.29 is 14.3 Å². The number of hydrogen-bond donors (Lipinski definition) is 3. The summed E-state index contributed by atoms with van der Waals surface area (Å²) in [7, 11) is 0. The molecule has 1 aliphatic heterocycles. The molecule has 0 saturated heterocycles. The van der Waals surface area contributed by atoms with E-state index < -0.39 is 0 Å². The number of thioether (sulfide) groups is 1. The minimum absolute atomic E-state index is 0.0931. The first kappa shape index (κ1) is 18.6. The number of H-pyrrole nitrogens is 1. The molecule has 0 spiro atoms. The Balaban J connectivity index is 1.20. The Bertz CT molecular complexity index is 861. The highest BCUT2D eigenvalue weighted by Crippen LogP contribution is 2.32. The number of fused-ring (bicyclic) bond motifs is 1. The van der Waals surface area contributed by atoms with Gasteiger partial charge in [0.05, 0.1) is 5.75 Å². The number of amides is 1. The van der Waals surface area contributed by atoms with E-state index in [-0.39, 0.29) is 18.5 Å².